The summed E-state index contributed by atoms with van der Waals surface area (Å²) in [6, 6.07) is 19.3. The van der Waals surface area contributed by atoms with Gasteiger partial charge >= 0.3 is 0 Å². The fourth-order valence-corrected chi connectivity index (χ4v) is 6.60. The van der Waals surface area contributed by atoms with Crippen LogP contribution >= 0.6 is 15.9 Å². The Morgan fingerprint density at radius 1 is 0.971 bits per heavy atom. The molecule has 0 amide bonds. The third kappa shape index (κ3) is 4.64. The lowest BCUT2D eigenvalue weighted by molar-refractivity contribution is 0.413. The molecule has 0 unspecified atom stereocenters. The summed E-state index contributed by atoms with van der Waals surface area (Å²) in [7, 11) is -4.48. The van der Waals surface area contributed by atoms with Gasteiger partial charge in [-0.3, -0.25) is 0 Å². The fraction of sp³-hybridized carbons (Fsp3) is 0.269. The van der Waals surface area contributed by atoms with E-state index in [4.69, 9.17) is 14.1 Å². The molecule has 0 aliphatic heterocycles. The quantitative estimate of drug-likeness (QED) is 0.230. The van der Waals surface area contributed by atoms with E-state index in [1.165, 1.54) is 3.97 Å². The summed E-state index contributed by atoms with van der Waals surface area (Å²) in [5.41, 5.74) is 1.59. The van der Waals surface area contributed by atoms with Crippen LogP contribution in [0.4, 0.5) is 0 Å². The third-order valence-electron chi connectivity index (χ3n) is 6.46. The monoisotopic (exact) mass is 572 g/mol. The van der Waals surface area contributed by atoms with Crippen LogP contribution in [-0.4, -0.2) is 32.8 Å². The Labute approximate surface area is 216 Å². The van der Waals surface area contributed by atoms with Gasteiger partial charge < -0.3 is 9.16 Å². The first-order chi connectivity index (χ1) is 16.4. The van der Waals surface area contributed by atoms with Crippen LogP contribution in [0.2, 0.25) is 18.1 Å². The predicted octanol–water partition coefficient (Wildman–Crippen LogP) is 7.10. The zero-order valence-electron chi connectivity index (χ0n) is 20.7. The molecule has 0 fully saturated rings. The maximum absolute atomic E-state index is 13.9. The van der Waals surface area contributed by atoms with Gasteiger partial charge in [0.05, 0.1) is 22.0 Å². The van der Waals surface area contributed by atoms with Gasteiger partial charge in [0.25, 0.3) is 10.0 Å². The van der Waals surface area contributed by atoms with Crippen LogP contribution in [0, 0.1) is 0 Å². The number of rotatable bonds is 6. The number of fused-ring (bicyclic) bond motifs is 1. The Morgan fingerprint density at radius 3 is 2.29 bits per heavy atom. The molecule has 0 aliphatic carbocycles. The van der Waals surface area contributed by atoms with Gasteiger partial charge in [-0.15, -0.1) is 0 Å². The highest BCUT2D eigenvalue weighted by molar-refractivity contribution is 9.10. The Bertz CT molecular complexity index is 1490. The van der Waals surface area contributed by atoms with E-state index in [9.17, 15) is 8.42 Å². The topological polar surface area (TPSA) is 70.4 Å². The van der Waals surface area contributed by atoms with Gasteiger partial charge in [-0.2, -0.15) is 0 Å². The highest BCUT2D eigenvalue weighted by Crippen LogP contribution is 2.40. The SMILES string of the molecule is COc1ccc2c(nc(-c3cccc(O[Si](C)(C)C(C)(C)C)c3)n2S(=O)(=O)c2ccccc2)c1Br. The number of imidazole rings is 1. The Balaban J connectivity index is 1.97. The first-order valence-electron chi connectivity index (χ1n) is 11.2. The number of methoxy groups -OCH3 is 1. The smallest absolute Gasteiger partial charge is 0.269 e. The van der Waals surface area contributed by atoms with Gasteiger partial charge in [0.1, 0.15) is 17.0 Å². The number of benzene rings is 3. The van der Waals surface area contributed by atoms with Crippen LogP contribution in [0.3, 0.4) is 0 Å². The number of hydrogen-bond acceptors (Lipinski definition) is 5. The summed E-state index contributed by atoms with van der Waals surface area (Å²) in [4.78, 5) is 4.96. The van der Waals surface area contributed by atoms with Crippen molar-refractivity contribution in [2.75, 3.05) is 7.11 Å². The average molecular weight is 574 g/mol. The van der Waals surface area contributed by atoms with Crippen molar-refractivity contribution in [1.29, 1.82) is 0 Å². The van der Waals surface area contributed by atoms with Crippen molar-refractivity contribution in [3.63, 3.8) is 0 Å². The second kappa shape index (κ2) is 9.11. The molecule has 184 valence electrons. The van der Waals surface area contributed by atoms with Crippen molar-refractivity contribution < 1.29 is 17.6 Å². The summed E-state index contributed by atoms with van der Waals surface area (Å²) in [6.07, 6.45) is 0. The molecule has 0 N–H and O–H groups in total. The maximum atomic E-state index is 13.9. The zero-order chi connectivity index (χ0) is 25.6. The lowest BCUT2D eigenvalue weighted by atomic mass is 10.2. The molecule has 4 rings (SSSR count). The third-order valence-corrected chi connectivity index (χ3v) is 13.3. The molecular formula is C26H29BrN2O4SSi. The molecule has 1 heterocycles. The molecule has 0 radical (unpaired) electrons. The number of nitrogens with zero attached hydrogens (tertiary/aromatic N) is 2. The van der Waals surface area contributed by atoms with Gasteiger partial charge in [0.15, 0.2) is 5.82 Å². The van der Waals surface area contributed by atoms with E-state index in [0.717, 1.165) is 0 Å². The van der Waals surface area contributed by atoms with E-state index < -0.39 is 18.3 Å². The molecule has 3 aromatic carbocycles. The molecule has 0 aliphatic rings. The molecule has 0 atom stereocenters. The first kappa shape index (κ1) is 25.5. The number of ether oxygens (including phenoxy) is 1. The predicted molar refractivity (Wildman–Crippen MR) is 146 cm³/mol. The normalized spacial score (nSPS) is 12.7. The summed E-state index contributed by atoms with van der Waals surface area (Å²) in [5.74, 6) is 1.57. The minimum Gasteiger partial charge on any atom is -0.543 e. The van der Waals surface area contributed by atoms with Gasteiger partial charge in [-0.1, -0.05) is 51.1 Å². The Hall–Kier alpha value is -2.62. The lowest BCUT2D eigenvalue weighted by Gasteiger charge is -2.36. The highest BCUT2D eigenvalue weighted by Gasteiger charge is 2.39. The van der Waals surface area contributed by atoms with E-state index in [0.29, 0.717) is 38.4 Å². The van der Waals surface area contributed by atoms with Crippen molar-refractivity contribution in [2.45, 2.75) is 43.8 Å². The van der Waals surface area contributed by atoms with Crippen molar-refractivity contribution in [1.82, 2.24) is 8.96 Å². The highest BCUT2D eigenvalue weighted by atomic mass is 79.9. The number of halogens is 1. The minimum atomic E-state index is -3.95. The van der Waals surface area contributed by atoms with Crippen molar-refractivity contribution in [3.8, 4) is 22.9 Å². The molecule has 9 heteroatoms. The second-order valence-corrected chi connectivity index (χ2v) is 17.2. The van der Waals surface area contributed by atoms with Gasteiger partial charge in [-0.25, -0.2) is 17.4 Å². The van der Waals surface area contributed by atoms with Crippen LogP contribution in [0.25, 0.3) is 22.4 Å². The van der Waals surface area contributed by atoms with E-state index >= 15 is 0 Å². The standard InChI is InChI=1S/C26H29BrN2O4SSi/c1-26(2,3)35(5,6)33-19-12-10-11-18(17-19)25-28-24-21(15-16-22(32-4)23(24)27)29(25)34(30,31)20-13-8-7-9-14-20/h7-17H,1-6H3. The van der Waals surface area contributed by atoms with Gasteiger partial charge in [0, 0.05) is 5.56 Å². The Kier molecular flexibility index (Phi) is 6.63. The van der Waals surface area contributed by atoms with Crippen LogP contribution in [-0.2, 0) is 10.0 Å². The second-order valence-electron chi connectivity index (χ2n) is 9.86. The van der Waals surface area contributed by atoms with E-state index in [2.05, 4.69) is 49.8 Å². The molecule has 0 spiro atoms. The molecule has 0 saturated carbocycles. The summed E-state index contributed by atoms with van der Waals surface area (Å²) < 4.78 is 41.5. The molecule has 0 bridgehead atoms. The average Bonchev–Trinajstić information content (AvgIpc) is 3.20. The van der Waals surface area contributed by atoms with E-state index in [1.54, 1.807) is 49.6 Å². The van der Waals surface area contributed by atoms with E-state index in [1.807, 2.05) is 24.3 Å². The maximum Gasteiger partial charge on any atom is 0.269 e. The number of hydrogen-bond donors (Lipinski definition) is 0. The molecule has 0 saturated heterocycles. The summed E-state index contributed by atoms with van der Waals surface area (Å²) in [6.45, 7) is 10.9. The zero-order valence-corrected chi connectivity index (χ0v) is 24.1. The van der Waals surface area contributed by atoms with Crippen LogP contribution in [0.1, 0.15) is 20.8 Å². The van der Waals surface area contributed by atoms with Crippen LogP contribution < -0.4 is 9.16 Å². The molecule has 1 aromatic heterocycles. The van der Waals surface area contributed by atoms with Gasteiger partial charge in [0.2, 0.25) is 8.32 Å². The van der Waals surface area contributed by atoms with Crippen molar-refractivity contribution >= 4 is 45.3 Å². The molecular weight excluding hydrogens is 544 g/mol. The fourth-order valence-electron chi connectivity index (χ4n) is 3.50. The summed E-state index contributed by atoms with van der Waals surface area (Å²) >= 11 is 3.55. The van der Waals surface area contributed by atoms with Crippen LogP contribution in [0.5, 0.6) is 11.5 Å². The van der Waals surface area contributed by atoms with Gasteiger partial charge in [-0.05, 0) is 70.5 Å². The van der Waals surface area contributed by atoms with Crippen molar-refractivity contribution in [3.05, 3.63) is 71.2 Å². The lowest BCUT2D eigenvalue weighted by Crippen LogP contribution is -2.43. The van der Waals surface area contributed by atoms with E-state index in [-0.39, 0.29) is 9.93 Å². The summed E-state index contributed by atoms with van der Waals surface area (Å²) in [5, 5.41) is 0.0220. The molecule has 35 heavy (non-hydrogen) atoms. The largest absolute Gasteiger partial charge is 0.543 e. The Morgan fingerprint density at radius 2 is 1.66 bits per heavy atom. The number of aromatic nitrogens is 2. The van der Waals surface area contributed by atoms with Crippen molar-refractivity contribution in [2.24, 2.45) is 0 Å². The minimum absolute atomic E-state index is 0.0220. The molecule has 4 aromatic rings. The first-order valence-corrected chi connectivity index (χ1v) is 16.4. The molecule has 6 nitrogen and oxygen atoms in total. The van der Waals surface area contributed by atoms with Crippen LogP contribution in [0.15, 0.2) is 76.1 Å².